The van der Waals surface area contributed by atoms with Crippen LogP contribution in [-0.2, 0) is 11.4 Å². The first-order chi connectivity index (χ1) is 12.9. The molecule has 4 nitrogen and oxygen atoms in total. The van der Waals surface area contributed by atoms with Gasteiger partial charge in [0.05, 0.1) is 15.6 Å². The Morgan fingerprint density at radius 2 is 2.07 bits per heavy atom. The largest absolute Gasteiger partial charge is 0.493 e. The van der Waals surface area contributed by atoms with Gasteiger partial charge in [0.15, 0.2) is 11.5 Å². The van der Waals surface area contributed by atoms with E-state index in [1.807, 2.05) is 42.5 Å². The fourth-order valence-electron chi connectivity index (χ4n) is 2.43. The molecule has 0 N–H and O–H groups in total. The molecule has 1 amide bonds. The molecule has 0 saturated carbocycles. The molecule has 1 heterocycles. The lowest BCUT2D eigenvalue weighted by Gasteiger charge is -2.14. The highest BCUT2D eigenvalue weighted by Crippen LogP contribution is 2.37. The van der Waals surface area contributed by atoms with E-state index in [9.17, 15) is 4.79 Å². The minimum atomic E-state index is -0.0991. The van der Waals surface area contributed by atoms with Gasteiger partial charge in [-0.05, 0) is 52.4 Å². The molecule has 2 aromatic rings. The van der Waals surface area contributed by atoms with Crippen LogP contribution in [0.5, 0.6) is 11.5 Å². The maximum absolute atomic E-state index is 12.2. The number of nitrogens with zero attached hydrogens (tertiary/aromatic N) is 1. The van der Waals surface area contributed by atoms with E-state index in [2.05, 4.69) is 22.6 Å². The lowest BCUT2D eigenvalue weighted by atomic mass is 10.1. The fraction of sp³-hybridized carbons (Fsp3) is 0.158. The molecule has 0 atom stereocenters. The Morgan fingerprint density at radius 3 is 2.70 bits per heavy atom. The normalized spacial score (nSPS) is 15.6. The molecule has 0 bridgehead atoms. The predicted octanol–water partition coefficient (Wildman–Crippen LogP) is 5.36. The maximum Gasteiger partial charge on any atom is 0.265 e. The first kappa shape index (κ1) is 20.4. The first-order valence-electron chi connectivity index (χ1n) is 7.86. The van der Waals surface area contributed by atoms with Crippen LogP contribution in [0.3, 0.4) is 0 Å². The Bertz CT molecular complexity index is 949. The standard InChI is InChI=1S/C19H15ClINO3S2/c1-22-18(23)16(27-19(22)26)9-11-7-14(21)17(15(8-11)24-2)25-10-12-5-3-4-6-13(12)20/h3-9H,10H2,1-2H3. The Kier molecular flexibility index (Phi) is 6.67. The van der Waals surface area contributed by atoms with Gasteiger partial charge in [0.1, 0.15) is 10.9 Å². The third kappa shape index (κ3) is 4.59. The topological polar surface area (TPSA) is 38.8 Å². The second kappa shape index (κ2) is 8.81. The average molecular weight is 532 g/mol. The Balaban J connectivity index is 1.87. The SMILES string of the molecule is COc1cc(C=C2SC(=S)N(C)C2=O)cc(I)c1OCc1ccccc1Cl. The van der Waals surface area contributed by atoms with Crippen LogP contribution in [0, 0.1) is 3.57 Å². The summed E-state index contributed by atoms with van der Waals surface area (Å²) in [7, 11) is 3.26. The zero-order valence-corrected chi connectivity index (χ0v) is 19.0. The van der Waals surface area contributed by atoms with E-state index in [1.165, 1.54) is 16.7 Å². The van der Waals surface area contributed by atoms with E-state index in [0.29, 0.717) is 32.4 Å². The second-order valence-electron chi connectivity index (χ2n) is 5.65. The molecule has 0 aromatic heterocycles. The molecule has 0 radical (unpaired) electrons. The molecule has 0 spiro atoms. The summed E-state index contributed by atoms with van der Waals surface area (Å²) in [5, 5.41) is 0.657. The number of thiocarbonyl (C=S) groups is 1. The predicted molar refractivity (Wildman–Crippen MR) is 122 cm³/mol. The van der Waals surface area contributed by atoms with Crippen LogP contribution < -0.4 is 9.47 Å². The number of ether oxygens (including phenoxy) is 2. The zero-order chi connectivity index (χ0) is 19.6. The quantitative estimate of drug-likeness (QED) is 0.295. The number of thioether (sulfide) groups is 1. The van der Waals surface area contributed by atoms with Crippen LogP contribution in [0.25, 0.3) is 6.08 Å². The Labute approximate surface area is 186 Å². The van der Waals surface area contributed by atoms with E-state index < -0.39 is 0 Å². The van der Waals surface area contributed by atoms with Crippen LogP contribution in [0.4, 0.5) is 0 Å². The molecule has 0 aliphatic carbocycles. The highest BCUT2D eigenvalue weighted by atomic mass is 127. The van der Waals surface area contributed by atoms with Crippen molar-refractivity contribution in [2.24, 2.45) is 0 Å². The molecule has 1 aliphatic rings. The number of amides is 1. The van der Waals surface area contributed by atoms with Crippen molar-refractivity contribution < 1.29 is 14.3 Å². The lowest BCUT2D eigenvalue weighted by Crippen LogP contribution is -2.22. The first-order valence-corrected chi connectivity index (χ1v) is 10.5. The average Bonchev–Trinajstić information content (AvgIpc) is 2.88. The van der Waals surface area contributed by atoms with Gasteiger partial charge >= 0.3 is 0 Å². The van der Waals surface area contributed by atoms with E-state index in [-0.39, 0.29) is 5.91 Å². The number of carbonyl (C=O) groups excluding carboxylic acids is 1. The minimum Gasteiger partial charge on any atom is -0.493 e. The lowest BCUT2D eigenvalue weighted by molar-refractivity contribution is -0.121. The van der Waals surface area contributed by atoms with Crippen molar-refractivity contribution in [2.45, 2.75) is 6.61 Å². The van der Waals surface area contributed by atoms with Gasteiger partial charge in [-0.2, -0.15) is 0 Å². The molecule has 2 aromatic carbocycles. The summed E-state index contributed by atoms with van der Waals surface area (Å²) in [5.41, 5.74) is 1.74. The molecule has 27 heavy (non-hydrogen) atoms. The van der Waals surface area contributed by atoms with E-state index in [1.54, 1.807) is 14.2 Å². The molecular formula is C19H15ClINO3S2. The molecule has 140 valence electrons. The van der Waals surface area contributed by atoms with Gasteiger partial charge in [-0.3, -0.25) is 9.69 Å². The fourth-order valence-corrected chi connectivity index (χ4v) is 4.58. The number of hydrogen-bond donors (Lipinski definition) is 0. The van der Waals surface area contributed by atoms with Crippen molar-refractivity contribution in [3.8, 4) is 11.5 Å². The third-order valence-corrected chi connectivity index (χ3v) is 6.52. The number of likely N-dealkylation sites (N-methyl/N-ethyl adjacent to an activating group) is 1. The number of halogens is 2. The molecule has 1 fully saturated rings. The van der Waals surface area contributed by atoms with Gasteiger partial charge in [-0.15, -0.1) is 0 Å². The summed E-state index contributed by atoms with van der Waals surface area (Å²) >= 11 is 14.8. The van der Waals surface area contributed by atoms with Crippen LogP contribution in [0.2, 0.25) is 5.02 Å². The molecule has 1 saturated heterocycles. The van der Waals surface area contributed by atoms with Gasteiger partial charge in [0.2, 0.25) is 0 Å². The number of carbonyl (C=O) groups is 1. The summed E-state index contributed by atoms with van der Waals surface area (Å²) in [6, 6.07) is 11.3. The van der Waals surface area contributed by atoms with Crippen molar-refractivity contribution in [2.75, 3.05) is 14.2 Å². The number of benzene rings is 2. The number of rotatable bonds is 5. The Hall–Kier alpha value is -1.29. The van der Waals surface area contributed by atoms with Crippen LogP contribution in [-0.4, -0.2) is 29.3 Å². The smallest absolute Gasteiger partial charge is 0.265 e. The molecule has 3 rings (SSSR count). The second-order valence-corrected chi connectivity index (χ2v) is 8.90. The van der Waals surface area contributed by atoms with Crippen LogP contribution in [0.1, 0.15) is 11.1 Å². The highest BCUT2D eigenvalue weighted by molar-refractivity contribution is 14.1. The van der Waals surface area contributed by atoms with Crippen molar-refractivity contribution in [3.05, 3.63) is 61.0 Å². The zero-order valence-electron chi connectivity index (χ0n) is 14.5. The molecule has 8 heteroatoms. The van der Waals surface area contributed by atoms with Gasteiger partial charge < -0.3 is 9.47 Å². The van der Waals surface area contributed by atoms with Crippen LogP contribution >= 0.6 is 58.2 Å². The van der Waals surface area contributed by atoms with Crippen molar-refractivity contribution in [3.63, 3.8) is 0 Å². The van der Waals surface area contributed by atoms with E-state index in [4.69, 9.17) is 33.3 Å². The molecule has 0 unspecified atom stereocenters. The van der Waals surface area contributed by atoms with E-state index in [0.717, 1.165) is 14.7 Å². The molecule has 1 aliphatic heterocycles. The van der Waals surface area contributed by atoms with Gasteiger partial charge in [-0.25, -0.2) is 0 Å². The van der Waals surface area contributed by atoms with Gasteiger partial charge in [0, 0.05) is 17.6 Å². The van der Waals surface area contributed by atoms with Gasteiger partial charge in [-0.1, -0.05) is 53.8 Å². The minimum absolute atomic E-state index is 0.0991. The summed E-state index contributed by atoms with van der Waals surface area (Å²) in [6.45, 7) is 0.333. The number of methoxy groups -OCH3 is 1. The summed E-state index contributed by atoms with van der Waals surface area (Å²) < 4.78 is 12.9. The Morgan fingerprint density at radius 1 is 1.33 bits per heavy atom. The van der Waals surface area contributed by atoms with Crippen molar-refractivity contribution in [1.82, 2.24) is 4.90 Å². The van der Waals surface area contributed by atoms with Gasteiger partial charge in [0.25, 0.3) is 5.91 Å². The van der Waals surface area contributed by atoms with Crippen LogP contribution in [0.15, 0.2) is 41.3 Å². The summed E-state index contributed by atoms with van der Waals surface area (Å²) in [4.78, 5) is 14.3. The number of hydrogen-bond acceptors (Lipinski definition) is 5. The maximum atomic E-state index is 12.2. The third-order valence-electron chi connectivity index (χ3n) is 3.87. The molecular weight excluding hydrogens is 517 g/mol. The summed E-state index contributed by atoms with van der Waals surface area (Å²) in [6.07, 6.45) is 1.81. The van der Waals surface area contributed by atoms with E-state index >= 15 is 0 Å². The van der Waals surface area contributed by atoms with Crippen molar-refractivity contribution >= 4 is 74.5 Å². The summed E-state index contributed by atoms with van der Waals surface area (Å²) in [5.74, 6) is 1.13. The monoisotopic (exact) mass is 531 g/mol. The highest BCUT2D eigenvalue weighted by Gasteiger charge is 2.28. The van der Waals surface area contributed by atoms with Crippen molar-refractivity contribution in [1.29, 1.82) is 0 Å².